The zero-order chi connectivity index (χ0) is 63.5. The first-order chi connectivity index (χ1) is 43.5. The number of rotatable bonds is 78. The van der Waals surface area contributed by atoms with Crippen LogP contribution in [0.15, 0.2) is 12.2 Å². The molecule has 0 aliphatic carbocycles. The van der Waals surface area contributed by atoms with Crippen molar-refractivity contribution in [2.45, 2.75) is 488 Å². The number of hydrogen-bond acceptors (Lipinski definition) is 5. The third-order valence-electron chi connectivity index (χ3n) is 19.6. The van der Waals surface area contributed by atoms with E-state index in [0.29, 0.717) is 19.4 Å². The van der Waals surface area contributed by atoms with Gasteiger partial charge in [0.2, 0.25) is 5.91 Å². The topological polar surface area (TPSA) is 95.9 Å². The molecule has 1 amide bonds. The number of allylic oxidation sites excluding steroid dienone is 1. The van der Waals surface area contributed by atoms with Crippen molar-refractivity contribution in [3.05, 3.63) is 12.2 Å². The highest BCUT2D eigenvalue weighted by atomic mass is 16.5. The van der Waals surface area contributed by atoms with Crippen LogP contribution in [-0.2, 0) is 14.3 Å². The molecule has 0 aliphatic heterocycles. The van der Waals surface area contributed by atoms with Crippen LogP contribution in [0.25, 0.3) is 0 Å². The molecule has 0 fully saturated rings. The van der Waals surface area contributed by atoms with E-state index in [1.165, 1.54) is 411 Å². The van der Waals surface area contributed by atoms with Crippen LogP contribution in [0, 0.1) is 0 Å². The van der Waals surface area contributed by atoms with Gasteiger partial charge in [-0.05, 0) is 32.1 Å². The molecule has 3 N–H and O–H groups in total. The molecule has 0 radical (unpaired) electrons. The summed E-state index contributed by atoms with van der Waals surface area (Å²) in [7, 11) is 0. The molecular formula is C82H161NO5. The van der Waals surface area contributed by atoms with Crippen LogP contribution in [0.4, 0.5) is 0 Å². The quantitative estimate of drug-likeness (QED) is 0.0320. The van der Waals surface area contributed by atoms with Gasteiger partial charge in [-0.3, -0.25) is 9.59 Å². The van der Waals surface area contributed by atoms with Gasteiger partial charge in [0.05, 0.1) is 25.4 Å². The monoisotopic (exact) mass is 1240 g/mol. The Bertz CT molecular complexity index is 1340. The van der Waals surface area contributed by atoms with Crippen molar-refractivity contribution in [1.82, 2.24) is 5.32 Å². The Labute approximate surface area is 552 Å². The Morgan fingerprint density at radius 3 is 0.773 bits per heavy atom. The van der Waals surface area contributed by atoms with Crippen LogP contribution in [0.1, 0.15) is 476 Å². The zero-order valence-corrected chi connectivity index (χ0v) is 60.3. The minimum absolute atomic E-state index is 0.0246. The van der Waals surface area contributed by atoms with Crippen LogP contribution < -0.4 is 5.32 Å². The number of aliphatic hydroxyl groups is 2. The predicted octanol–water partition coefficient (Wildman–Crippen LogP) is 27.1. The number of hydrogen-bond donors (Lipinski definition) is 3. The molecule has 0 saturated carbocycles. The molecular weight excluding hydrogens is 1080 g/mol. The number of esters is 1. The van der Waals surface area contributed by atoms with E-state index in [-0.39, 0.29) is 18.5 Å². The van der Waals surface area contributed by atoms with E-state index in [2.05, 4.69) is 19.2 Å². The molecule has 88 heavy (non-hydrogen) atoms. The lowest BCUT2D eigenvalue weighted by molar-refractivity contribution is -0.143. The van der Waals surface area contributed by atoms with Crippen molar-refractivity contribution in [1.29, 1.82) is 0 Å². The minimum Gasteiger partial charge on any atom is -0.466 e. The number of ether oxygens (including phenoxy) is 1. The molecule has 0 aromatic rings. The molecule has 0 bridgehead atoms. The normalized spacial score (nSPS) is 12.5. The zero-order valence-electron chi connectivity index (χ0n) is 60.3. The first-order valence-corrected chi connectivity index (χ1v) is 41.0. The fourth-order valence-electron chi connectivity index (χ4n) is 13.3. The summed E-state index contributed by atoms with van der Waals surface area (Å²) in [4.78, 5) is 24.6. The molecule has 0 aromatic heterocycles. The van der Waals surface area contributed by atoms with Crippen LogP contribution in [0.2, 0.25) is 0 Å². The average molecular weight is 1240 g/mol. The predicted molar refractivity (Wildman–Crippen MR) is 389 cm³/mol. The van der Waals surface area contributed by atoms with Crippen LogP contribution in [0.3, 0.4) is 0 Å². The SMILES string of the molecule is CCCCCCCCCCCCCCCCCCCCC/C=C/C(O)C(CO)NC(=O)CCCCCCCCCCCCCCCCCCCCCCCCCCCCCCCCCCCCCCCCCOC(=O)CCCCCCCCCCCCC. The van der Waals surface area contributed by atoms with E-state index >= 15 is 0 Å². The second-order valence-electron chi connectivity index (χ2n) is 28.5. The van der Waals surface area contributed by atoms with Crippen LogP contribution in [-0.4, -0.2) is 47.4 Å². The molecule has 2 atom stereocenters. The largest absolute Gasteiger partial charge is 0.466 e. The number of carbonyl (C=O) groups excluding carboxylic acids is 2. The molecule has 0 saturated heterocycles. The van der Waals surface area contributed by atoms with Crippen molar-refractivity contribution in [2.75, 3.05) is 13.2 Å². The molecule has 0 rings (SSSR count). The maximum absolute atomic E-state index is 12.5. The number of aliphatic hydroxyl groups excluding tert-OH is 2. The summed E-state index contributed by atoms with van der Waals surface area (Å²) in [6.07, 6.45) is 99.3. The number of amides is 1. The van der Waals surface area contributed by atoms with E-state index in [0.717, 1.165) is 38.5 Å². The van der Waals surface area contributed by atoms with Crippen molar-refractivity contribution < 1.29 is 24.5 Å². The summed E-state index contributed by atoms with van der Waals surface area (Å²) >= 11 is 0. The lowest BCUT2D eigenvalue weighted by Gasteiger charge is -2.20. The van der Waals surface area contributed by atoms with Crippen LogP contribution >= 0.6 is 0 Å². The highest BCUT2D eigenvalue weighted by Gasteiger charge is 2.18. The van der Waals surface area contributed by atoms with Crippen molar-refractivity contribution >= 4 is 11.9 Å². The van der Waals surface area contributed by atoms with Crippen molar-refractivity contribution in [2.24, 2.45) is 0 Å². The number of carbonyl (C=O) groups is 2. The molecule has 524 valence electrons. The van der Waals surface area contributed by atoms with Gasteiger partial charge < -0.3 is 20.3 Å². The standard InChI is InChI=1S/C82H161NO5/c1-3-5-7-9-11-13-15-16-17-18-19-39-42-45-48-51-55-58-62-66-70-74-80(85)79(78-84)83-81(86)75-71-67-63-59-56-52-49-46-43-40-37-35-33-31-29-27-25-23-21-20-22-24-26-28-30-32-34-36-38-41-44-47-50-53-57-61-65-69-73-77-88-82(87)76-72-68-64-60-54-14-12-10-8-6-4-2/h70,74,79-80,84-85H,3-69,71-73,75-78H2,1-2H3,(H,83,86)/b74-70+. The lowest BCUT2D eigenvalue weighted by atomic mass is 10.0. The second kappa shape index (κ2) is 78.0. The summed E-state index contributed by atoms with van der Waals surface area (Å²) < 4.78 is 5.49. The highest BCUT2D eigenvalue weighted by molar-refractivity contribution is 5.76. The van der Waals surface area contributed by atoms with Gasteiger partial charge in [0.25, 0.3) is 0 Å². The van der Waals surface area contributed by atoms with Crippen molar-refractivity contribution in [3.63, 3.8) is 0 Å². The fraction of sp³-hybridized carbons (Fsp3) is 0.951. The molecule has 0 heterocycles. The van der Waals surface area contributed by atoms with Gasteiger partial charge in [0.15, 0.2) is 0 Å². The van der Waals surface area contributed by atoms with Gasteiger partial charge in [0, 0.05) is 12.8 Å². The molecule has 6 heteroatoms. The average Bonchev–Trinajstić information content (AvgIpc) is 3.55. The first-order valence-electron chi connectivity index (χ1n) is 41.0. The van der Waals surface area contributed by atoms with E-state index in [1.54, 1.807) is 6.08 Å². The summed E-state index contributed by atoms with van der Waals surface area (Å²) in [5, 5.41) is 23.3. The minimum atomic E-state index is -0.841. The lowest BCUT2D eigenvalue weighted by Crippen LogP contribution is -2.45. The Hall–Kier alpha value is -1.40. The number of unbranched alkanes of at least 4 members (excludes halogenated alkanes) is 67. The van der Waals surface area contributed by atoms with Crippen molar-refractivity contribution in [3.8, 4) is 0 Å². The summed E-state index contributed by atoms with van der Waals surface area (Å²) in [6.45, 7) is 4.96. The summed E-state index contributed by atoms with van der Waals surface area (Å²) in [5.41, 5.74) is 0. The Morgan fingerprint density at radius 1 is 0.307 bits per heavy atom. The Balaban J connectivity index is 3.31. The maximum atomic E-state index is 12.5. The van der Waals surface area contributed by atoms with Gasteiger partial charge in [0.1, 0.15) is 0 Å². The van der Waals surface area contributed by atoms with Gasteiger partial charge in [-0.15, -0.1) is 0 Å². The Kier molecular flexibility index (Phi) is 76.8. The number of nitrogens with one attached hydrogen (secondary N) is 1. The van der Waals surface area contributed by atoms with Gasteiger partial charge in [-0.1, -0.05) is 443 Å². The van der Waals surface area contributed by atoms with E-state index < -0.39 is 12.1 Å². The fourth-order valence-corrected chi connectivity index (χ4v) is 13.3. The highest BCUT2D eigenvalue weighted by Crippen LogP contribution is 2.21. The summed E-state index contributed by atoms with van der Waals surface area (Å²) in [5.74, 6) is -0.0319. The van der Waals surface area contributed by atoms with Gasteiger partial charge >= 0.3 is 5.97 Å². The molecule has 0 aromatic carbocycles. The smallest absolute Gasteiger partial charge is 0.305 e. The second-order valence-corrected chi connectivity index (χ2v) is 28.5. The molecule has 0 aliphatic rings. The molecule has 6 nitrogen and oxygen atoms in total. The first kappa shape index (κ1) is 86.6. The third kappa shape index (κ3) is 73.6. The van der Waals surface area contributed by atoms with Gasteiger partial charge in [-0.25, -0.2) is 0 Å². The maximum Gasteiger partial charge on any atom is 0.305 e. The van der Waals surface area contributed by atoms with E-state index in [9.17, 15) is 19.8 Å². The molecule has 2 unspecified atom stereocenters. The van der Waals surface area contributed by atoms with Gasteiger partial charge in [-0.2, -0.15) is 0 Å². The summed E-state index contributed by atoms with van der Waals surface area (Å²) in [6, 6.07) is -0.623. The van der Waals surface area contributed by atoms with Crippen LogP contribution in [0.5, 0.6) is 0 Å². The van der Waals surface area contributed by atoms with E-state index in [1.807, 2.05) is 6.08 Å². The Morgan fingerprint density at radius 2 is 0.523 bits per heavy atom. The third-order valence-corrected chi connectivity index (χ3v) is 19.6. The van der Waals surface area contributed by atoms with E-state index in [4.69, 9.17) is 4.74 Å². The molecule has 0 spiro atoms.